The molecule has 0 aromatic heterocycles. The largest absolute Gasteiger partial charge is 0.369 e. The lowest BCUT2D eigenvalue weighted by atomic mass is 10.1. The van der Waals surface area contributed by atoms with Gasteiger partial charge in [-0.05, 0) is 19.5 Å². The van der Waals surface area contributed by atoms with Crippen LogP contribution in [0.1, 0.15) is 11.1 Å². The van der Waals surface area contributed by atoms with Crippen molar-refractivity contribution in [1.29, 1.82) is 0 Å². The molecule has 13 heavy (non-hydrogen) atoms. The number of rotatable bonds is 4. The van der Waals surface area contributed by atoms with E-state index in [1.165, 1.54) is 11.1 Å². The number of methoxy groups -OCH3 is 1. The molecule has 0 saturated carbocycles. The SMILES string of the molecule is COCN(C)Cc1cccc(C)c1. The van der Waals surface area contributed by atoms with Crippen molar-refractivity contribution in [2.75, 3.05) is 20.9 Å². The van der Waals surface area contributed by atoms with Crippen molar-refractivity contribution in [3.63, 3.8) is 0 Å². The van der Waals surface area contributed by atoms with Gasteiger partial charge in [0.1, 0.15) is 0 Å². The summed E-state index contributed by atoms with van der Waals surface area (Å²) in [6, 6.07) is 8.54. The molecule has 0 spiro atoms. The van der Waals surface area contributed by atoms with E-state index in [9.17, 15) is 0 Å². The Bertz CT molecular complexity index is 260. The molecule has 1 rings (SSSR count). The standard InChI is InChI=1S/C11H17NO/c1-10-5-4-6-11(7-10)8-12(2)9-13-3/h4-7H,8-9H2,1-3H3. The number of hydrogen-bond acceptors (Lipinski definition) is 2. The Morgan fingerprint density at radius 1 is 1.38 bits per heavy atom. The van der Waals surface area contributed by atoms with Gasteiger partial charge in [-0.2, -0.15) is 0 Å². The fourth-order valence-corrected chi connectivity index (χ4v) is 1.39. The molecule has 0 saturated heterocycles. The van der Waals surface area contributed by atoms with Crippen molar-refractivity contribution in [1.82, 2.24) is 4.90 Å². The van der Waals surface area contributed by atoms with Crippen molar-refractivity contribution in [2.24, 2.45) is 0 Å². The minimum absolute atomic E-state index is 0.675. The molecular weight excluding hydrogens is 162 g/mol. The van der Waals surface area contributed by atoms with E-state index in [2.05, 4.69) is 36.1 Å². The second kappa shape index (κ2) is 5.00. The summed E-state index contributed by atoms with van der Waals surface area (Å²) < 4.78 is 5.03. The average molecular weight is 179 g/mol. The van der Waals surface area contributed by atoms with Crippen LogP contribution in [0.4, 0.5) is 0 Å². The summed E-state index contributed by atoms with van der Waals surface area (Å²) >= 11 is 0. The third-order valence-electron chi connectivity index (χ3n) is 1.88. The van der Waals surface area contributed by atoms with Crippen LogP contribution in [0.5, 0.6) is 0 Å². The maximum Gasteiger partial charge on any atom is 0.0986 e. The van der Waals surface area contributed by atoms with E-state index in [0.717, 1.165) is 6.54 Å². The van der Waals surface area contributed by atoms with Crippen LogP contribution < -0.4 is 0 Å². The van der Waals surface area contributed by atoms with E-state index >= 15 is 0 Å². The maximum absolute atomic E-state index is 5.03. The molecule has 72 valence electrons. The molecule has 2 nitrogen and oxygen atoms in total. The summed E-state index contributed by atoms with van der Waals surface area (Å²) in [6.07, 6.45) is 0. The number of benzene rings is 1. The van der Waals surface area contributed by atoms with Crippen LogP contribution >= 0.6 is 0 Å². The molecule has 0 fully saturated rings. The van der Waals surface area contributed by atoms with Crippen LogP contribution in [0, 0.1) is 6.92 Å². The van der Waals surface area contributed by atoms with E-state index in [1.807, 2.05) is 7.05 Å². The average Bonchev–Trinajstić information content (AvgIpc) is 2.04. The summed E-state index contributed by atoms with van der Waals surface area (Å²) in [5.74, 6) is 0. The number of nitrogens with zero attached hydrogens (tertiary/aromatic N) is 1. The molecule has 0 bridgehead atoms. The Morgan fingerprint density at radius 2 is 2.15 bits per heavy atom. The van der Waals surface area contributed by atoms with E-state index in [1.54, 1.807) is 7.11 Å². The van der Waals surface area contributed by atoms with Gasteiger partial charge in [-0.25, -0.2) is 0 Å². The summed E-state index contributed by atoms with van der Waals surface area (Å²) in [4.78, 5) is 2.13. The van der Waals surface area contributed by atoms with Gasteiger partial charge in [0.15, 0.2) is 0 Å². The van der Waals surface area contributed by atoms with E-state index in [4.69, 9.17) is 4.74 Å². The molecular formula is C11H17NO. The van der Waals surface area contributed by atoms with Crippen molar-refractivity contribution < 1.29 is 4.74 Å². The molecule has 0 atom stereocenters. The summed E-state index contributed by atoms with van der Waals surface area (Å²) in [7, 11) is 3.76. The second-order valence-corrected chi connectivity index (χ2v) is 3.42. The number of ether oxygens (including phenoxy) is 1. The Kier molecular flexibility index (Phi) is 3.93. The van der Waals surface area contributed by atoms with Crippen LogP contribution in [0.3, 0.4) is 0 Å². The Balaban J connectivity index is 2.53. The third kappa shape index (κ3) is 3.57. The van der Waals surface area contributed by atoms with E-state index in [0.29, 0.717) is 6.73 Å². The summed E-state index contributed by atoms with van der Waals surface area (Å²) in [5, 5.41) is 0. The molecule has 0 unspecified atom stereocenters. The first-order chi connectivity index (χ1) is 6.22. The molecule has 1 aromatic carbocycles. The minimum Gasteiger partial charge on any atom is -0.369 e. The first-order valence-corrected chi connectivity index (χ1v) is 4.45. The normalized spacial score (nSPS) is 10.8. The number of hydrogen-bond donors (Lipinski definition) is 0. The van der Waals surface area contributed by atoms with E-state index in [-0.39, 0.29) is 0 Å². The molecule has 2 heteroatoms. The predicted octanol–water partition coefficient (Wildman–Crippen LogP) is 2.03. The fraction of sp³-hybridized carbons (Fsp3) is 0.455. The van der Waals surface area contributed by atoms with Crippen molar-refractivity contribution in [2.45, 2.75) is 13.5 Å². The quantitative estimate of drug-likeness (QED) is 0.656. The molecule has 0 aliphatic heterocycles. The Labute approximate surface area is 80.1 Å². The van der Waals surface area contributed by atoms with Gasteiger partial charge in [-0.1, -0.05) is 29.8 Å². The van der Waals surface area contributed by atoms with Gasteiger partial charge < -0.3 is 4.74 Å². The van der Waals surface area contributed by atoms with Crippen LogP contribution in [0.15, 0.2) is 24.3 Å². The van der Waals surface area contributed by atoms with Gasteiger partial charge in [-0.3, -0.25) is 4.90 Å². The third-order valence-corrected chi connectivity index (χ3v) is 1.88. The van der Waals surface area contributed by atoms with Gasteiger partial charge >= 0.3 is 0 Å². The highest BCUT2D eigenvalue weighted by molar-refractivity contribution is 5.21. The number of aryl methyl sites for hydroxylation is 1. The molecule has 0 N–H and O–H groups in total. The van der Waals surface area contributed by atoms with Gasteiger partial charge in [0, 0.05) is 13.7 Å². The van der Waals surface area contributed by atoms with Gasteiger partial charge in [0.05, 0.1) is 6.73 Å². The lowest BCUT2D eigenvalue weighted by Crippen LogP contribution is -2.20. The lowest BCUT2D eigenvalue weighted by Gasteiger charge is -2.15. The maximum atomic E-state index is 5.03. The molecule has 1 aromatic rings. The molecule has 0 amide bonds. The molecule has 0 heterocycles. The highest BCUT2D eigenvalue weighted by Gasteiger charge is 1.98. The van der Waals surface area contributed by atoms with Crippen molar-refractivity contribution in [3.05, 3.63) is 35.4 Å². The Hall–Kier alpha value is -0.860. The minimum atomic E-state index is 0.675. The van der Waals surface area contributed by atoms with Crippen molar-refractivity contribution >= 4 is 0 Å². The zero-order valence-electron chi connectivity index (χ0n) is 8.58. The van der Waals surface area contributed by atoms with Gasteiger partial charge in [0.2, 0.25) is 0 Å². The first-order valence-electron chi connectivity index (χ1n) is 4.45. The summed E-state index contributed by atoms with van der Waals surface area (Å²) in [5.41, 5.74) is 2.64. The van der Waals surface area contributed by atoms with Crippen LogP contribution in [0.25, 0.3) is 0 Å². The molecule has 0 aliphatic rings. The Morgan fingerprint density at radius 3 is 2.77 bits per heavy atom. The highest BCUT2D eigenvalue weighted by atomic mass is 16.5. The van der Waals surface area contributed by atoms with Gasteiger partial charge in [-0.15, -0.1) is 0 Å². The topological polar surface area (TPSA) is 12.5 Å². The second-order valence-electron chi connectivity index (χ2n) is 3.42. The van der Waals surface area contributed by atoms with Crippen molar-refractivity contribution in [3.8, 4) is 0 Å². The first kappa shape index (κ1) is 10.2. The monoisotopic (exact) mass is 179 g/mol. The van der Waals surface area contributed by atoms with Crippen LogP contribution in [0.2, 0.25) is 0 Å². The van der Waals surface area contributed by atoms with Gasteiger partial charge in [0.25, 0.3) is 0 Å². The van der Waals surface area contributed by atoms with Crippen LogP contribution in [-0.2, 0) is 11.3 Å². The fourth-order valence-electron chi connectivity index (χ4n) is 1.39. The molecule has 0 aliphatic carbocycles. The zero-order valence-corrected chi connectivity index (χ0v) is 8.58. The van der Waals surface area contributed by atoms with Crippen LogP contribution in [-0.4, -0.2) is 25.8 Å². The lowest BCUT2D eigenvalue weighted by molar-refractivity contribution is 0.0771. The summed E-state index contributed by atoms with van der Waals surface area (Å²) in [6.45, 7) is 3.73. The smallest absolute Gasteiger partial charge is 0.0986 e. The van der Waals surface area contributed by atoms with E-state index < -0.39 is 0 Å². The zero-order chi connectivity index (χ0) is 9.68. The predicted molar refractivity (Wildman–Crippen MR) is 54.5 cm³/mol. The highest BCUT2D eigenvalue weighted by Crippen LogP contribution is 2.06. The molecule has 0 radical (unpaired) electrons.